The number of aryl methyl sites for hydroxylation is 1. The normalized spacial score (nSPS) is 11.5. The number of fused-ring (bicyclic) bond motifs is 1. The van der Waals surface area contributed by atoms with Gasteiger partial charge in [0.25, 0.3) is 5.56 Å². The number of carbonyl (C=O) groups is 1. The average Bonchev–Trinajstić information content (AvgIpc) is 3.36. The van der Waals surface area contributed by atoms with Crippen molar-refractivity contribution in [2.75, 3.05) is 23.0 Å². The van der Waals surface area contributed by atoms with Crippen LogP contribution in [0.15, 0.2) is 65.6 Å². The standard InChI is InChI=1S/C29H28F2N8O2/c1-29(2,3)23-14-24(39(37-23)19-8-6-7-18(30)13-19)35-28(41)34-22-12-16(9-10-21(22)31)20-11-17-15-33-27(32-4)36-25(17)38(5)26(20)40/h6-15H,1-5H3,(H,32,33,36)(H2,34,35,41). The number of nitrogens with one attached hydrogen (secondary N) is 3. The molecule has 5 aromatic rings. The lowest BCUT2D eigenvalue weighted by molar-refractivity contribution is 0.262. The molecule has 0 aliphatic carbocycles. The van der Waals surface area contributed by atoms with Crippen molar-refractivity contribution in [3.8, 4) is 16.8 Å². The Kier molecular flexibility index (Phi) is 6.99. The van der Waals surface area contributed by atoms with Gasteiger partial charge in [0.15, 0.2) is 0 Å². The molecule has 0 radical (unpaired) electrons. The summed E-state index contributed by atoms with van der Waals surface area (Å²) in [6.45, 7) is 5.87. The molecule has 0 spiro atoms. The van der Waals surface area contributed by atoms with Crippen molar-refractivity contribution in [2.45, 2.75) is 26.2 Å². The van der Waals surface area contributed by atoms with Gasteiger partial charge in [-0.1, -0.05) is 32.9 Å². The van der Waals surface area contributed by atoms with Gasteiger partial charge in [-0.15, -0.1) is 0 Å². The maximum atomic E-state index is 14.8. The largest absolute Gasteiger partial charge is 0.357 e. The van der Waals surface area contributed by atoms with Crippen LogP contribution in [-0.2, 0) is 12.5 Å². The van der Waals surface area contributed by atoms with Gasteiger partial charge in [-0.2, -0.15) is 10.1 Å². The number of benzene rings is 2. The minimum absolute atomic E-state index is 0.142. The summed E-state index contributed by atoms with van der Waals surface area (Å²) in [5.41, 5.74) is 1.31. The van der Waals surface area contributed by atoms with Gasteiger partial charge in [-0.25, -0.2) is 23.2 Å². The summed E-state index contributed by atoms with van der Waals surface area (Å²) >= 11 is 0. The van der Waals surface area contributed by atoms with E-state index in [0.29, 0.717) is 33.9 Å². The minimum atomic E-state index is -0.751. The van der Waals surface area contributed by atoms with Crippen LogP contribution in [0.3, 0.4) is 0 Å². The van der Waals surface area contributed by atoms with Crippen LogP contribution in [-0.4, -0.2) is 37.4 Å². The monoisotopic (exact) mass is 558 g/mol. The molecule has 210 valence electrons. The van der Waals surface area contributed by atoms with Crippen LogP contribution in [0.2, 0.25) is 0 Å². The molecule has 0 fully saturated rings. The Labute approximate surface area is 234 Å². The molecule has 12 heteroatoms. The number of aromatic nitrogens is 5. The molecule has 0 aliphatic heterocycles. The smallest absolute Gasteiger partial charge is 0.324 e. The number of amides is 2. The zero-order chi connectivity index (χ0) is 29.5. The summed E-state index contributed by atoms with van der Waals surface area (Å²) in [6.07, 6.45) is 1.58. The second-order valence-electron chi connectivity index (χ2n) is 10.5. The van der Waals surface area contributed by atoms with Crippen molar-refractivity contribution in [2.24, 2.45) is 7.05 Å². The van der Waals surface area contributed by atoms with Crippen molar-refractivity contribution < 1.29 is 13.6 Å². The molecule has 10 nitrogen and oxygen atoms in total. The second kappa shape index (κ2) is 10.5. The predicted octanol–water partition coefficient (Wildman–Crippen LogP) is 5.44. The highest BCUT2D eigenvalue weighted by Gasteiger charge is 2.22. The summed E-state index contributed by atoms with van der Waals surface area (Å²) in [6, 6.07) is 12.4. The lowest BCUT2D eigenvalue weighted by Crippen LogP contribution is -2.22. The van der Waals surface area contributed by atoms with Crippen LogP contribution < -0.4 is 21.5 Å². The number of pyridine rings is 1. The van der Waals surface area contributed by atoms with Gasteiger partial charge in [0.1, 0.15) is 23.1 Å². The Morgan fingerprint density at radius 3 is 2.49 bits per heavy atom. The summed E-state index contributed by atoms with van der Waals surface area (Å²) in [7, 11) is 3.26. The molecule has 0 unspecified atom stereocenters. The topological polar surface area (TPSA) is 119 Å². The lowest BCUT2D eigenvalue weighted by atomic mass is 9.92. The molecule has 0 bridgehead atoms. The first-order valence-corrected chi connectivity index (χ1v) is 12.7. The number of urea groups is 1. The summed E-state index contributed by atoms with van der Waals surface area (Å²) < 4.78 is 31.6. The van der Waals surface area contributed by atoms with E-state index in [9.17, 15) is 18.4 Å². The Balaban J connectivity index is 1.47. The Morgan fingerprint density at radius 1 is 1.00 bits per heavy atom. The SMILES string of the molecule is CNc1ncc2cc(-c3ccc(F)c(NC(=O)Nc4cc(C(C)(C)C)nn4-c4cccc(F)c4)c3)c(=O)n(C)c2n1. The number of hydrogen-bond donors (Lipinski definition) is 3. The number of carbonyl (C=O) groups excluding carboxylic acids is 1. The second-order valence-corrected chi connectivity index (χ2v) is 10.5. The van der Waals surface area contributed by atoms with E-state index in [-0.39, 0.29) is 28.0 Å². The van der Waals surface area contributed by atoms with E-state index >= 15 is 0 Å². The molecule has 3 N–H and O–H groups in total. The van der Waals surface area contributed by atoms with Crippen LogP contribution in [0.4, 0.5) is 31.0 Å². The quantitative estimate of drug-likeness (QED) is 0.264. The first kappa shape index (κ1) is 27.4. The molecule has 41 heavy (non-hydrogen) atoms. The third kappa shape index (κ3) is 5.49. The molecular formula is C29H28F2N8O2. The predicted molar refractivity (Wildman–Crippen MR) is 155 cm³/mol. The van der Waals surface area contributed by atoms with E-state index in [2.05, 4.69) is 31.0 Å². The minimum Gasteiger partial charge on any atom is -0.357 e. The van der Waals surface area contributed by atoms with E-state index < -0.39 is 17.7 Å². The van der Waals surface area contributed by atoms with Gasteiger partial charge < -0.3 is 10.6 Å². The number of rotatable bonds is 5. The van der Waals surface area contributed by atoms with Crippen molar-refractivity contribution in [3.05, 3.63) is 88.5 Å². The van der Waals surface area contributed by atoms with Gasteiger partial charge in [0.05, 0.1) is 17.1 Å². The van der Waals surface area contributed by atoms with E-state index in [0.717, 1.165) is 0 Å². The maximum Gasteiger partial charge on any atom is 0.324 e. The van der Waals surface area contributed by atoms with Crippen molar-refractivity contribution in [1.82, 2.24) is 24.3 Å². The molecule has 0 atom stereocenters. The molecule has 3 heterocycles. The van der Waals surface area contributed by atoms with Gasteiger partial charge in [-0.3, -0.25) is 14.7 Å². The highest BCUT2D eigenvalue weighted by molar-refractivity contribution is 6.00. The van der Waals surface area contributed by atoms with Crippen molar-refractivity contribution in [3.63, 3.8) is 0 Å². The fraction of sp³-hybridized carbons (Fsp3) is 0.207. The number of nitrogens with zero attached hydrogens (tertiary/aromatic N) is 5. The van der Waals surface area contributed by atoms with Gasteiger partial charge >= 0.3 is 6.03 Å². The van der Waals surface area contributed by atoms with E-state index in [1.165, 1.54) is 45.6 Å². The Bertz CT molecular complexity index is 1860. The van der Waals surface area contributed by atoms with E-state index in [4.69, 9.17) is 0 Å². The Morgan fingerprint density at radius 2 is 1.78 bits per heavy atom. The van der Waals surface area contributed by atoms with Crippen LogP contribution >= 0.6 is 0 Å². The maximum absolute atomic E-state index is 14.8. The van der Waals surface area contributed by atoms with E-state index in [1.807, 2.05) is 20.8 Å². The molecule has 0 saturated carbocycles. The van der Waals surface area contributed by atoms with Gasteiger partial charge in [0.2, 0.25) is 5.95 Å². The van der Waals surface area contributed by atoms with Crippen LogP contribution in [0, 0.1) is 11.6 Å². The first-order valence-electron chi connectivity index (χ1n) is 12.7. The zero-order valence-corrected chi connectivity index (χ0v) is 23.1. The molecule has 0 aliphatic rings. The van der Waals surface area contributed by atoms with E-state index in [1.54, 1.807) is 38.5 Å². The first-order chi connectivity index (χ1) is 19.4. The zero-order valence-electron chi connectivity index (χ0n) is 23.1. The van der Waals surface area contributed by atoms with Crippen LogP contribution in [0.25, 0.3) is 27.8 Å². The molecule has 2 aromatic carbocycles. The highest BCUT2D eigenvalue weighted by atomic mass is 19.1. The summed E-state index contributed by atoms with van der Waals surface area (Å²) in [4.78, 5) is 34.8. The molecule has 5 rings (SSSR count). The van der Waals surface area contributed by atoms with Gasteiger partial charge in [0, 0.05) is 42.7 Å². The molecule has 0 saturated heterocycles. The molecular weight excluding hydrogens is 530 g/mol. The summed E-state index contributed by atoms with van der Waals surface area (Å²) in [5, 5.41) is 13.2. The Hall–Kier alpha value is -5.13. The van der Waals surface area contributed by atoms with Crippen LogP contribution in [0.5, 0.6) is 0 Å². The van der Waals surface area contributed by atoms with Gasteiger partial charge in [-0.05, 0) is 42.0 Å². The number of hydrogen-bond acceptors (Lipinski definition) is 6. The highest BCUT2D eigenvalue weighted by Crippen LogP contribution is 2.28. The van der Waals surface area contributed by atoms with Crippen LogP contribution in [0.1, 0.15) is 26.5 Å². The third-order valence-electron chi connectivity index (χ3n) is 6.47. The third-order valence-corrected chi connectivity index (χ3v) is 6.47. The fourth-order valence-electron chi connectivity index (χ4n) is 4.27. The molecule has 2 amide bonds. The number of anilines is 3. The number of halogens is 2. The lowest BCUT2D eigenvalue weighted by Gasteiger charge is -2.14. The summed E-state index contributed by atoms with van der Waals surface area (Å²) in [5.74, 6) is -0.525. The fourth-order valence-corrected chi connectivity index (χ4v) is 4.27. The average molecular weight is 559 g/mol. The van der Waals surface area contributed by atoms with Crippen molar-refractivity contribution in [1.29, 1.82) is 0 Å². The van der Waals surface area contributed by atoms with Crippen molar-refractivity contribution >= 4 is 34.5 Å². The molecule has 3 aromatic heterocycles.